The van der Waals surface area contributed by atoms with Gasteiger partial charge in [0.25, 0.3) is 0 Å². The first kappa shape index (κ1) is 12.2. The van der Waals surface area contributed by atoms with Gasteiger partial charge >= 0.3 is 0 Å². The highest BCUT2D eigenvalue weighted by atomic mass is 16.3. The quantitative estimate of drug-likeness (QED) is 0.849. The molecule has 0 radical (unpaired) electrons. The normalized spacial score (nSPS) is 29.7. The molecule has 0 amide bonds. The third-order valence-corrected chi connectivity index (χ3v) is 4.29. The van der Waals surface area contributed by atoms with Crippen molar-refractivity contribution in [2.45, 2.75) is 24.4 Å². The first-order valence-corrected chi connectivity index (χ1v) is 6.65. The van der Waals surface area contributed by atoms with Crippen LogP contribution < -0.4 is 0 Å². The van der Waals surface area contributed by atoms with E-state index in [0.29, 0.717) is 0 Å². The number of aliphatic hydroxyl groups excluding tert-OH is 1. The van der Waals surface area contributed by atoms with Crippen molar-refractivity contribution in [3.8, 4) is 0 Å². The molecule has 1 aromatic carbocycles. The highest BCUT2D eigenvalue weighted by Gasteiger charge is 2.53. The van der Waals surface area contributed by atoms with E-state index < -0.39 is 6.10 Å². The third-order valence-electron chi connectivity index (χ3n) is 4.29. The molecule has 1 aliphatic carbocycles. The Hall–Kier alpha value is -1.80. The Morgan fingerprint density at radius 1 is 1.26 bits per heavy atom. The lowest BCUT2D eigenvalue weighted by Gasteiger charge is -2.52. The molecule has 1 saturated carbocycles. The number of hydrogen-bond acceptors (Lipinski definition) is 2. The lowest BCUT2D eigenvalue weighted by atomic mass is 9.54. The van der Waals surface area contributed by atoms with Gasteiger partial charge in [-0.05, 0) is 24.1 Å². The summed E-state index contributed by atoms with van der Waals surface area (Å²) in [6, 6.07) is 14.1. The van der Waals surface area contributed by atoms with Crippen LogP contribution >= 0.6 is 0 Å². The molecule has 19 heavy (non-hydrogen) atoms. The molecular weight excluding hydrogens is 236 g/mol. The summed E-state index contributed by atoms with van der Waals surface area (Å²) in [6.07, 6.45) is 4.80. The molecule has 1 aromatic heterocycles. The number of aliphatic hydroxyl groups is 1. The summed E-state index contributed by atoms with van der Waals surface area (Å²) in [5, 5.41) is 10.6. The summed E-state index contributed by atoms with van der Waals surface area (Å²) in [6.45, 7) is 3.81. The molecule has 0 saturated heterocycles. The van der Waals surface area contributed by atoms with Crippen LogP contribution in [0.15, 0.2) is 65.8 Å². The van der Waals surface area contributed by atoms with E-state index in [1.54, 1.807) is 6.26 Å². The first-order chi connectivity index (χ1) is 9.26. The van der Waals surface area contributed by atoms with Crippen LogP contribution in [0.25, 0.3) is 0 Å². The fourth-order valence-electron chi connectivity index (χ4n) is 3.18. The Morgan fingerprint density at radius 3 is 2.63 bits per heavy atom. The maximum atomic E-state index is 10.6. The average molecular weight is 254 g/mol. The number of rotatable bonds is 4. The Bertz CT molecular complexity index is 544. The van der Waals surface area contributed by atoms with E-state index in [1.165, 1.54) is 5.56 Å². The molecule has 1 fully saturated rings. The minimum Gasteiger partial charge on any atom is -0.469 e. The average Bonchev–Trinajstić information content (AvgIpc) is 2.96. The van der Waals surface area contributed by atoms with Gasteiger partial charge in [0.1, 0.15) is 5.76 Å². The standard InChI is InChI=1S/C17H18O2/c1-2-13-11-17(16(13)18,12-15-9-6-10-19-15)14-7-4-3-5-8-14/h2-10,13,16,18H,1,11-12H2/t13-,16+,17+/m1/s1. The predicted molar refractivity (Wildman–Crippen MR) is 74.8 cm³/mol. The SMILES string of the molecule is C=C[C@@H]1C[C@](Cc2ccco2)(c2ccccc2)[C@H]1O. The van der Waals surface area contributed by atoms with Crippen molar-refractivity contribution in [2.75, 3.05) is 0 Å². The summed E-state index contributed by atoms with van der Waals surface area (Å²) in [7, 11) is 0. The molecule has 0 bridgehead atoms. The highest BCUT2D eigenvalue weighted by molar-refractivity contribution is 5.34. The second-order valence-corrected chi connectivity index (χ2v) is 5.33. The lowest BCUT2D eigenvalue weighted by molar-refractivity contribution is -0.0496. The molecular formula is C17H18O2. The third kappa shape index (κ3) is 1.92. The fraction of sp³-hybridized carbons (Fsp3) is 0.294. The van der Waals surface area contributed by atoms with Crippen molar-refractivity contribution in [3.63, 3.8) is 0 Å². The lowest BCUT2D eigenvalue weighted by Crippen LogP contribution is -2.56. The van der Waals surface area contributed by atoms with Gasteiger partial charge in [0.15, 0.2) is 0 Å². The topological polar surface area (TPSA) is 33.4 Å². The van der Waals surface area contributed by atoms with Gasteiger partial charge in [-0.3, -0.25) is 0 Å². The van der Waals surface area contributed by atoms with Gasteiger partial charge in [-0.25, -0.2) is 0 Å². The summed E-state index contributed by atoms with van der Waals surface area (Å²) in [5.74, 6) is 1.10. The Kier molecular flexibility index (Phi) is 3.03. The summed E-state index contributed by atoms with van der Waals surface area (Å²) in [4.78, 5) is 0. The van der Waals surface area contributed by atoms with Gasteiger partial charge in [-0.1, -0.05) is 36.4 Å². The van der Waals surface area contributed by atoms with Crippen LogP contribution in [-0.2, 0) is 11.8 Å². The van der Waals surface area contributed by atoms with Crippen LogP contribution in [0, 0.1) is 5.92 Å². The second kappa shape index (κ2) is 4.71. The van der Waals surface area contributed by atoms with E-state index in [2.05, 4.69) is 18.7 Å². The van der Waals surface area contributed by atoms with E-state index >= 15 is 0 Å². The van der Waals surface area contributed by atoms with Crippen LogP contribution in [0.4, 0.5) is 0 Å². The monoisotopic (exact) mass is 254 g/mol. The minimum absolute atomic E-state index is 0.176. The number of benzene rings is 1. The van der Waals surface area contributed by atoms with Crippen molar-refractivity contribution >= 4 is 0 Å². The number of furan rings is 1. The molecule has 98 valence electrons. The van der Waals surface area contributed by atoms with Gasteiger partial charge in [0.2, 0.25) is 0 Å². The van der Waals surface area contributed by atoms with E-state index in [9.17, 15) is 5.11 Å². The molecule has 0 spiro atoms. The summed E-state index contributed by atoms with van der Waals surface area (Å²) in [5.41, 5.74) is 0.940. The molecule has 3 atom stereocenters. The van der Waals surface area contributed by atoms with Gasteiger partial charge in [-0.15, -0.1) is 6.58 Å². The maximum absolute atomic E-state index is 10.6. The Balaban J connectivity index is 1.95. The number of hydrogen-bond donors (Lipinski definition) is 1. The Labute approximate surface area is 113 Å². The molecule has 3 rings (SSSR count). The van der Waals surface area contributed by atoms with Gasteiger partial charge in [-0.2, -0.15) is 0 Å². The zero-order chi connectivity index (χ0) is 13.3. The van der Waals surface area contributed by atoms with Crippen LogP contribution in [0.3, 0.4) is 0 Å². The van der Waals surface area contributed by atoms with E-state index in [0.717, 1.165) is 18.6 Å². The van der Waals surface area contributed by atoms with Crippen LogP contribution in [0.5, 0.6) is 0 Å². The van der Waals surface area contributed by atoms with Crippen LogP contribution in [0.2, 0.25) is 0 Å². The van der Waals surface area contributed by atoms with Crippen molar-refractivity contribution in [2.24, 2.45) is 5.92 Å². The van der Waals surface area contributed by atoms with Crippen molar-refractivity contribution in [3.05, 3.63) is 72.7 Å². The first-order valence-electron chi connectivity index (χ1n) is 6.65. The summed E-state index contributed by atoms with van der Waals surface area (Å²) >= 11 is 0. The van der Waals surface area contributed by atoms with Gasteiger partial charge in [0, 0.05) is 17.8 Å². The molecule has 0 aliphatic heterocycles. The van der Waals surface area contributed by atoms with E-state index in [1.807, 2.05) is 36.4 Å². The van der Waals surface area contributed by atoms with Crippen molar-refractivity contribution < 1.29 is 9.52 Å². The molecule has 2 aromatic rings. The molecule has 1 aliphatic rings. The van der Waals surface area contributed by atoms with Gasteiger partial charge < -0.3 is 9.52 Å². The second-order valence-electron chi connectivity index (χ2n) is 5.33. The predicted octanol–water partition coefficient (Wildman–Crippen LogP) is 3.33. The highest BCUT2D eigenvalue weighted by Crippen LogP contribution is 2.50. The molecule has 0 unspecified atom stereocenters. The van der Waals surface area contributed by atoms with Crippen molar-refractivity contribution in [1.29, 1.82) is 0 Å². The molecule has 1 heterocycles. The molecule has 2 heteroatoms. The van der Waals surface area contributed by atoms with Crippen LogP contribution in [-0.4, -0.2) is 11.2 Å². The smallest absolute Gasteiger partial charge is 0.104 e. The Morgan fingerprint density at radius 2 is 2.05 bits per heavy atom. The van der Waals surface area contributed by atoms with Crippen molar-refractivity contribution in [1.82, 2.24) is 0 Å². The van der Waals surface area contributed by atoms with E-state index in [-0.39, 0.29) is 11.3 Å². The molecule has 1 N–H and O–H groups in total. The van der Waals surface area contributed by atoms with Gasteiger partial charge in [0.05, 0.1) is 12.4 Å². The minimum atomic E-state index is -0.391. The van der Waals surface area contributed by atoms with Crippen LogP contribution in [0.1, 0.15) is 17.7 Å². The zero-order valence-electron chi connectivity index (χ0n) is 10.8. The fourth-order valence-corrected chi connectivity index (χ4v) is 3.18. The summed E-state index contributed by atoms with van der Waals surface area (Å²) < 4.78 is 5.47. The van der Waals surface area contributed by atoms with E-state index in [4.69, 9.17) is 4.42 Å². The molecule has 2 nitrogen and oxygen atoms in total. The maximum Gasteiger partial charge on any atom is 0.104 e. The zero-order valence-corrected chi connectivity index (χ0v) is 10.8. The largest absolute Gasteiger partial charge is 0.469 e.